The first-order valence-corrected chi connectivity index (χ1v) is 6.40. The molecule has 0 saturated heterocycles. The van der Waals surface area contributed by atoms with Gasteiger partial charge in [0.25, 0.3) is 0 Å². The molecule has 6 nitrogen and oxygen atoms in total. The SMILES string of the molecule is CCOC(=O)C(CC)C(O)c1c(C)nn(C)c1OC. The van der Waals surface area contributed by atoms with E-state index >= 15 is 0 Å². The number of carbonyl (C=O) groups excluding carboxylic acids is 1. The third kappa shape index (κ3) is 3.07. The van der Waals surface area contributed by atoms with Gasteiger partial charge in [0.1, 0.15) is 0 Å². The largest absolute Gasteiger partial charge is 0.481 e. The van der Waals surface area contributed by atoms with Gasteiger partial charge in [-0.15, -0.1) is 0 Å². The Balaban J connectivity index is 3.10. The van der Waals surface area contributed by atoms with Gasteiger partial charge in [0, 0.05) is 7.05 Å². The third-order valence-electron chi connectivity index (χ3n) is 3.11. The van der Waals surface area contributed by atoms with E-state index in [0.717, 1.165) is 0 Å². The molecule has 1 aromatic rings. The van der Waals surface area contributed by atoms with Gasteiger partial charge in [-0.25, -0.2) is 4.68 Å². The molecule has 1 heterocycles. The quantitative estimate of drug-likeness (QED) is 0.790. The molecular weight excluding hydrogens is 248 g/mol. The number of aromatic nitrogens is 2. The van der Waals surface area contributed by atoms with E-state index in [0.29, 0.717) is 30.2 Å². The molecule has 1 N–H and O–H groups in total. The molecule has 0 radical (unpaired) electrons. The highest BCUT2D eigenvalue weighted by Crippen LogP contribution is 2.34. The Kier molecular flexibility index (Phi) is 5.35. The zero-order valence-corrected chi connectivity index (χ0v) is 12.1. The Morgan fingerprint density at radius 2 is 2.11 bits per heavy atom. The van der Waals surface area contributed by atoms with E-state index < -0.39 is 18.0 Å². The molecule has 0 bridgehead atoms. The average molecular weight is 270 g/mol. The molecule has 0 spiro atoms. The molecule has 0 aliphatic rings. The van der Waals surface area contributed by atoms with E-state index in [9.17, 15) is 9.90 Å². The van der Waals surface area contributed by atoms with Crippen LogP contribution in [0.1, 0.15) is 37.6 Å². The normalized spacial score (nSPS) is 14.0. The zero-order chi connectivity index (χ0) is 14.6. The Labute approximate surface area is 113 Å². The Morgan fingerprint density at radius 3 is 2.58 bits per heavy atom. The third-order valence-corrected chi connectivity index (χ3v) is 3.11. The average Bonchev–Trinajstić information content (AvgIpc) is 2.64. The molecular formula is C13H22N2O4. The van der Waals surface area contributed by atoms with Crippen LogP contribution in [0.2, 0.25) is 0 Å². The summed E-state index contributed by atoms with van der Waals surface area (Å²) in [5.41, 5.74) is 1.19. The Bertz CT molecular complexity index is 442. The van der Waals surface area contributed by atoms with Gasteiger partial charge in [-0.05, 0) is 20.3 Å². The van der Waals surface area contributed by atoms with Crippen LogP contribution < -0.4 is 4.74 Å². The van der Waals surface area contributed by atoms with Crippen LogP contribution in [0, 0.1) is 12.8 Å². The molecule has 0 amide bonds. The molecule has 0 aromatic carbocycles. The summed E-state index contributed by atoms with van der Waals surface area (Å²) in [4.78, 5) is 11.9. The van der Waals surface area contributed by atoms with Crippen LogP contribution in [0.4, 0.5) is 0 Å². The fourth-order valence-corrected chi connectivity index (χ4v) is 2.21. The highest BCUT2D eigenvalue weighted by Gasteiger charge is 2.33. The molecule has 0 aliphatic carbocycles. The van der Waals surface area contributed by atoms with E-state index in [1.165, 1.54) is 7.11 Å². The molecule has 0 saturated carbocycles. The van der Waals surface area contributed by atoms with Gasteiger partial charge in [-0.2, -0.15) is 5.10 Å². The van der Waals surface area contributed by atoms with Crippen molar-refractivity contribution in [3.05, 3.63) is 11.3 Å². The van der Waals surface area contributed by atoms with Crippen molar-refractivity contribution < 1.29 is 19.4 Å². The molecule has 1 aromatic heterocycles. The minimum absolute atomic E-state index is 0.297. The maximum atomic E-state index is 11.9. The highest BCUT2D eigenvalue weighted by atomic mass is 16.5. The Hall–Kier alpha value is -1.56. The van der Waals surface area contributed by atoms with Crippen molar-refractivity contribution in [2.45, 2.75) is 33.3 Å². The fourth-order valence-electron chi connectivity index (χ4n) is 2.21. The second kappa shape index (κ2) is 6.56. The second-order valence-electron chi connectivity index (χ2n) is 4.34. The first-order valence-electron chi connectivity index (χ1n) is 6.40. The maximum absolute atomic E-state index is 11.9. The maximum Gasteiger partial charge on any atom is 0.311 e. The zero-order valence-electron chi connectivity index (χ0n) is 12.1. The summed E-state index contributed by atoms with van der Waals surface area (Å²) in [7, 11) is 3.24. The van der Waals surface area contributed by atoms with Gasteiger partial charge in [0.2, 0.25) is 5.88 Å². The number of esters is 1. The molecule has 2 atom stereocenters. The van der Waals surface area contributed by atoms with Crippen LogP contribution in [0.25, 0.3) is 0 Å². The van der Waals surface area contributed by atoms with Crippen LogP contribution >= 0.6 is 0 Å². The first-order chi connectivity index (χ1) is 8.97. The van der Waals surface area contributed by atoms with Crippen LogP contribution in [0.5, 0.6) is 5.88 Å². The summed E-state index contributed by atoms with van der Waals surface area (Å²) in [5.74, 6) is -0.549. The number of hydrogen-bond donors (Lipinski definition) is 1. The minimum Gasteiger partial charge on any atom is -0.481 e. The van der Waals surface area contributed by atoms with E-state index in [4.69, 9.17) is 9.47 Å². The lowest BCUT2D eigenvalue weighted by Gasteiger charge is -2.20. The number of ether oxygens (including phenoxy) is 2. The monoisotopic (exact) mass is 270 g/mol. The van der Waals surface area contributed by atoms with Gasteiger partial charge in [0.15, 0.2) is 0 Å². The lowest BCUT2D eigenvalue weighted by atomic mass is 9.93. The number of nitrogens with zero attached hydrogens (tertiary/aromatic N) is 2. The summed E-state index contributed by atoms with van der Waals surface area (Å²) in [6.45, 7) is 5.65. The first kappa shape index (κ1) is 15.5. The van der Waals surface area contributed by atoms with Crippen molar-refractivity contribution in [2.75, 3.05) is 13.7 Å². The van der Waals surface area contributed by atoms with Crippen LogP contribution in [0.3, 0.4) is 0 Å². The number of hydrogen-bond acceptors (Lipinski definition) is 5. The van der Waals surface area contributed by atoms with Crippen molar-refractivity contribution >= 4 is 5.97 Å². The van der Waals surface area contributed by atoms with Crippen molar-refractivity contribution in [3.63, 3.8) is 0 Å². The highest BCUT2D eigenvalue weighted by molar-refractivity contribution is 5.73. The lowest BCUT2D eigenvalue weighted by Crippen LogP contribution is -2.24. The number of methoxy groups -OCH3 is 1. The topological polar surface area (TPSA) is 73.6 Å². The van der Waals surface area contributed by atoms with Crippen LogP contribution in [-0.4, -0.2) is 34.6 Å². The number of aliphatic hydroxyl groups is 1. The number of rotatable bonds is 6. The molecule has 19 heavy (non-hydrogen) atoms. The molecule has 2 unspecified atom stereocenters. The summed E-state index contributed by atoms with van der Waals surface area (Å²) in [6.07, 6.45) is -0.495. The molecule has 0 aliphatic heterocycles. The van der Waals surface area contributed by atoms with E-state index in [-0.39, 0.29) is 0 Å². The van der Waals surface area contributed by atoms with E-state index in [1.54, 1.807) is 25.6 Å². The fraction of sp³-hybridized carbons (Fsp3) is 0.692. The van der Waals surface area contributed by atoms with E-state index in [2.05, 4.69) is 5.10 Å². The van der Waals surface area contributed by atoms with Crippen LogP contribution in [0.15, 0.2) is 0 Å². The molecule has 1 rings (SSSR count). The standard InChI is InChI=1S/C13H22N2O4/c1-6-9(13(17)19-7-2)11(16)10-8(3)14-15(4)12(10)18-5/h9,11,16H,6-7H2,1-5H3. The van der Waals surface area contributed by atoms with Gasteiger partial charge >= 0.3 is 5.97 Å². The second-order valence-corrected chi connectivity index (χ2v) is 4.34. The number of aliphatic hydroxyl groups excluding tert-OH is 1. The van der Waals surface area contributed by atoms with Gasteiger partial charge < -0.3 is 14.6 Å². The Morgan fingerprint density at radius 1 is 1.47 bits per heavy atom. The van der Waals surface area contributed by atoms with Crippen molar-refractivity contribution in [1.82, 2.24) is 9.78 Å². The van der Waals surface area contributed by atoms with Gasteiger partial charge in [-0.3, -0.25) is 4.79 Å². The summed E-state index contributed by atoms with van der Waals surface area (Å²) in [6, 6.07) is 0. The predicted octanol–water partition coefficient (Wildman–Crippen LogP) is 1.36. The van der Waals surface area contributed by atoms with E-state index in [1.807, 2.05) is 6.92 Å². The molecule has 108 valence electrons. The minimum atomic E-state index is -0.979. The number of aryl methyl sites for hydroxylation is 2. The molecule has 6 heteroatoms. The van der Waals surface area contributed by atoms with Gasteiger partial charge in [-0.1, -0.05) is 6.92 Å². The van der Waals surface area contributed by atoms with Crippen molar-refractivity contribution in [1.29, 1.82) is 0 Å². The van der Waals surface area contributed by atoms with Gasteiger partial charge in [0.05, 0.1) is 37.0 Å². The van der Waals surface area contributed by atoms with Crippen molar-refractivity contribution in [2.24, 2.45) is 13.0 Å². The molecule has 0 fully saturated rings. The summed E-state index contributed by atoms with van der Waals surface area (Å²) in [5, 5.41) is 14.7. The number of carbonyl (C=O) groups is 1. The van der Waals surface area contributed by atoms with Crippen LogP contribution in [-0.2, 0) is 16.6 Å². The predicted molar refractivity (Wildman–Crippen MR) is 69.9 cm³/mol. The van der Waals surface area contributed by atoms with Crippen molar-refractivity contribution in [3.8, 4) is 5.88 Å². The smallest absolute Gasteiger partial charge is 0.311 e. The summed E-state index contributed by atoms with van der Waals surface area (Å²) < 4.78 is 11.8. The lowest BCUT2D eigenvalue weighted by molar-refractivity contribution is -0.152. The summed E-state index contributed by atoms with van der Waals surface area (Å²) >= 11 is 0.